The third kappa shape index (κ3) is 3.97. The number of aryl methyl sites for hydroxylation is 2. The molecule has 0 aliphatic heterocycles. The Kier molecular flexibility index (Phi) is 5.26. The Morgan fingerprint density at radius 2 is 1.93 bits per heavy atom. The van der Waals surface area contributed by atoms with Crippen LogP contribution >= 0.6 is 11.3 Å². The van der Waals surface area contributed by atoms with Crippen LogP contribution in [-0.4, -0.2) is 37.0 Å². The third-order valence-corrected chi connectivity index (χ3v) is 5.52. The van der Waals surface area contributed by atoms with Crippen molar-refractivity contribution in [3.63, 3.8) is 0 Å². The molecule has 148 valence electrons. The molecule has 3 heterocycles. The molecule has 0 atom stereocenters. The van der Waals surface area contributed by atoms with Crippen molar-refractivity contribution in [3.8, 4) is 10.8 Å². The highest BCUT2D eigenvalue weighted by molar-refractivity contribution is 7.12. The molecule has 0 bridgehead atoms. The van der Waals surface area contributed by atoms with E-state index in [4.69, 9.17) is 0 Å². The lowest BCUT2D eigenvalue weighted by Gasteiger charge is -2.06. The van der Waals surface area contributed by atoms with Gasteiger partial charge in [0.15, 0.2) is 0 Å². The summed E-state index contributed by atoms with van der Waals surface area (Å²) in [6, 6.07) is 11.8. The summed E-state index contributed by atoms with van der Waals surface area (Å²) in [6.07, 6.45) is 2.27. The van der Waals surface area contributed by atoms with Crippen molar-refractivity contribution in [1.29, 1.82) is 0 Å². The van der Waals surface area contributed by atoms with Crippen molar-refractivity contribution < 1.29 is 4.79 Å². The quantitative estimate of drug-likeness (QED) is 0.532. The topological polar surface area (TPSA) is 77.6 Å². The number of rotatable bonds is 6. The molecule has 1 aromatic carbocycles. The minimum absolute atomic E-state index is 0.126. The monoisotopic (exact) mass is 406 g/mol. The summed E-state index contributed by atoms with van der Waals surface area (Å²) in [5.41, 5.74) is 5.29. The van der Waals surface area contributed by atoms with E-state index >= 15 is 0 Å². The van der Waals surface area contributed by atoms with E-state index in [0.717, 1.165) is 33.6 Å². The maximum atomic E-state index is 12.6. The van der Waals surface area contributed by atoms with Gasteiger partial charge in [-0.1, -0.05) is 18.2 Å². The average Bonchev–Trinajstić information content (AvgIpc) is 3.41. The van der Waals surface area contributed by atoms with Crippen molar-refractivity contribution in [2.45, 2.75) is 27.2 Å². The number of para-hydroxylation sites is 1. The third-order valence-electron chi connectivity index (χ3n) is 4.65. The lowest BCUT2D eigenvalue weighted by Crippen LogP contribution is -2.26. The first-order valence-electron chi connectivity index (χ1n) is 9.39. The first-order chi connectivity index (χ1) is 14.0. The van der Waals surface area contributed by atoms with Crippen molar-refractivity contribution in [1.82, 2.24) is 29.9 Å². The van der Waals surface area contributed by atoms with Gasteiger partial charge >= 0.3 is 0 Å². The van der Waals surface area contributed by atoms with Crippen molar-refractivity contribution in [2.75, 3.05) is 6.54 Å². The van der Waals surface area contributed by atoms with Gasteiger partial charge in [0.25, 0.3) is 5.91 Å². The molecule has 0 unspecified atom stereocenters. The van der Waals surface area contributed by atoms with Gasteiger partial charge < -0.3 is 5.32 Å². The Morgan fingerprint density at radius 1 is 1.14 bits per heavy atom. The van der Waals surface area contributed by atoms with Crippen LogP contribution in [0.5, 0.6) is 0 Å². The highest BCUT2D eigenvalue weighted by atomic mass is 32.1. The van der Waals surface area contributed by atoms with E-state index in [2.05, 4.69) is 20.5 Å². The van der Waals surface area contributed by atoms with Gasteiger partial charge in [-0.15, -0.1) is 11.3 Å². The van der Waals surface area contributed by atoms with Crippen molar-refractivity contribution in [3.05, 3.63) is 76.3 Å². The Hall–Kier alpha value is -3.26. The summed E-state index contributed by atoms with van der Waals surface area (Å²) in [4.78, 5) is 17.2. The first kappa shape index (κ1) is 19.1. The molecule has 4 aromatic rings. The SMILES string of the molecule is Cc1cc(C)n(-c2nc(CCNC(=O)c3cnn(-c4ccccc4)c3C)cs2)n1. The van der Waals surface area contributed by atoms with E-state index in [1.54, 1.807) is 22.2 Å². The molecule has 4 rings (SSSR count). The second kappa shape index (κ2) is 8.00. The van der Waals surface area contributed by atoms with Gasteiger partial charge in [-0.2, -0.15) is 10.2 Å². The van der Waals surface area contributed by atoms with Crippen LogP contribution in [0.15, 0.2) is 48.0 Å². The molecule has 0 spiro atoms. The number of benzene rings is 1. The molecular formula is C21H22N6OS. The van der Waals surface area contributed by atoms with Crippen LogP contribution in [-0.2, 0) is 6.42 Å². The fourth-order valence-electron chi connectivity index (χ4n) is 3.19. The normalized spacial score (nSPS) is 11.0. The van der Waals surface area contributed by atoms with Crippen LogP contribution in [0.3, 0.4) is 0 Å². The van der Waals surface area contributed by atoms with Crippen LogP contribution in [0.1, 0.15) is 33.1 Å². The number of aromatic nitrogens is 5. The fraction of sp³-hybridized carbons (Fsp3) is 0.238. The van der Waals surface area contributed by atoms with E-state index in [9.17, 15) is 4.79 Å². The van der Waals surface area contributed by atoms with Gasteiger partial charge in [0.2, 0.25) is 5.13 Å². The summed E-state index contributed by atoms with van der Waals surface area (Å²) in [5, 5.41) is 14.6. The zero-order valence-corrected chi connectivity index (χ0v) is 17.4. The minimum Gasteiger partial charge on any atom is -0.352 e. The number of hydrogen-bond donors (Lipinski definition) is 1. The van der Waals surface area contributed by atoms with Crippen molar-refractivity contribution >= 4 is 17.2 Å². The predicted octanol–water partition coefficient (Wildman–Crippen LogP) is 3.41. The molecule has 0 fully saturated rings. The summed E-state index contributed by atoms with van der Waals surface area (Å²) in [6.45, 7) is 6.39. The highest BCUT2D eigenvalue weighted by Gasteiger charge is 2.15. The molecule has 0 radical (unpaired) electrons. The molecule has 0 saturated heterocycles. The molecule has 3 aromatic heterocycles. The van der Waals surface area contributed by atoms with Crippen LogP contribution in [0, 0.1) is 20.8 Å². The van der Waals surface area contributed by atoms with Gasteiger partial charge in [-0.25, -0.2) is 14.3 Å². The van der Waals surface area contributed by atoms with Crippen LogP contribution in [0.25, 0.3) is 10.8 Å². The molecular weight excluding hydrogens is 384 g/mol. The van der Waals surface area contributed by atoms with E-state index < -0.39 is 0 Å². The molecule has 7 nitrogen and oxygen atoms in total. The maximum Gasteiger partial charge on any atom is 0.254 e. The van der Waals surface area contributed by atoms with Gasteiger partial charge in [-0.3, -0.25) is 4.79 Å². The Morgan fingerprint density at radius 3 is 2.66 bits per heavy atom. The second-order valence-electron chi connectivity index (χ2n) is 6.86. The standard InChI is InChI=1S/C21H22N6OS/c1-14-11-15(2)26(25-14)21-24-17(13-29-21)9-10-22-20(28)19-12-23-27(16(19)3)18-7-5-4-6-8-18/h4-8,11-13H,9-10H2,1-3H3,(H,22,28). The summed E-state index contributed by atoms with van der Waals surface area (Å²) < 4.78 is 3.62. The van der Waals surface area contributed by atoms with Gasteiger partial charge in [0, 0.05) is 24.0 Å². The lowest BCUT2D eigenvalue weighted by atomic mass is 10.2. The zero-order chi connectivity index (χ0) is 20.4. The number of nitrogens with zero attached hydrogens (tertiary/aromatic N) is 5. The van der Waals surface area contributed by atoms with E-state index in [0.29, 0.717) is 18.5 Å². The first-order valence-corrected chi connectivity index (χ1v) is 10.3. The van der Waals surface area contributed by atoms with Crippen LogP contribution in [0.4, 0.5) is 0 Å². The molecule has 29 heavy (non-hydrogen) atoms. The van der Waals surface area contributed by atoms with Crippen LogP contribution < -0.4 is 5.32 Å². The lowest BCUT2D eigenvalue weighted by molar-refractivity contribution is 0.0953. The largest absolute Gasteiger partial charge is 0.352 e. The zero-order valence-electron chi connectivity index (χ0n) is 16.6. The number of amides is 1. The number of hydrogen-bond acceptors (Lipinski definition) is 5. The molecule has 8 heteroatoms. The molecule has 1 amide bonds. The molecule has 1 N–H and O–H groups in total. The average molecular weight is 407 g/mol. The minimum atomic E-state index is -0.126. The predicted molar refractivity (Wildman–Crippen MR) is 113 cm³/mol. The van der Waals surface area contributed by atoms with Gasteiger partial charge in [-0.05, 0) is 39.0 Å². The number of carbonyl (C=O) groups is 1. The second-order valence-corrected chi connectivity index (χ2v) is 7.69. The number of nitrogens with one attached hydrogen (secondary N) is 1. The fourth-order valence-corrected chi connectivity index (χ4v) is 4.06. The van der Waals surface area contributed by atoms with Gasteiger partial charge in [0.1, 0.15) is 0 Å². The number of thiazole rings is 1. The Labute approximate surface area is 173 Å². The van der Waals surface area contributed by atoms with Gasteiger partial charge in [0.05, 0.1) is 34.5 Å². The maximum absolute atomic E-state index is 12.6. The molecule has 0 saturated carbocycles. The van der Waals surface area contributed by atoms with Crippen molar-refractivity contribution in [2.24, 2.45) is 0 Å². The van der Waals surface area contributed by atoms with E-state index in [-0.39, 0.29) is 5.91 Å². The number of carbonyl (C=O) groups excluding carboxylic acids is 1. The molecule has 0 aliphatic rings. The summed E-state index contributed by atoms with van der Waals surface area (Å²) >= 11 is 1.55. The highest BCUT2D eigenvalue weighted by Crippen LogP contribution is 2.17. The van der Waals surface area contributed by atoms with Crippen LogP contribution in [0.2, 0.25) is 0 Å². The summed E-state index contributed by atoms with van der Waals surface area (Å²) in [5.74, 6) is -0.126. The Bertz CT molecular complexity index is 1140. The Balaban J connectivity index is 1.38. The smallest absolute Gasteiger partial charge is 0.254 e. The van der Waals surface area contributed by atoms with E-state index in [1.807, 2.05) is 67.2 Å². The summed E-state index contributed by atoms with van der Waals surface area (Å²) in [7, 11) is 0. The molecule has 0 aliphatic carbocycles. The van der Waals surface area contributed by atoms with E-state index in [1.165, 1.54) is 0 Å².